The van der Waals surface area contributed by atoms with Gasteiger partial charge in [0.1, 0.15) is 6.71 Å². The van der Waals surface area contributed by atoms with Crippen molar-refractivity contribution in [3.8, 4) is 0 Å². The molecule has 68 valence electrons. The first-order valence-electron chi connectivity index (χ1n) is 4.57. The van der Waals surface area contributed by atoms with E-state index in [2.05, 4.69) is 33.4 Å². The molecule has 0 rings (SSSR count). The van der Waals surface area contributed by atoms with Gasteiger partial charge < -0.3 is 5.73 Å². The normalized spacial score (nSPS) is 8.45. The van der Waals surface area contributed by atoms with Gasteiger partial charge in [0.25, 0.3) is 0 Å². The molecule has 0 heterocycles. The molecule has 0 aromatic rings. The molecule has 0 spiro atoms. The fourth-order valence-corrected chi connectivity index (χ4v) is 0.866. The minimum absolute atomic E-state index is 0.684. The van der Waals surface area contributed by atoms with Crippen molar-refractivity contribution >= 4 is 19.3 Å². The summed E-state index contributed by atoms with van der Waals surface area (Å²) in [6.45, 7) is 8.45. The monoisotopic (exact) mass is 175 g/mol. The van der Waals surface area contributed by atoms with Gasteiger partial charge in [-0.2, -0.15) is 12.6 Å². The lowest BCUT2D eigenvalue weighted by molar-refractivity contribution is 1.16. The van der Waals surface area contributed by atoms with Gasteiger partial charge in [0.2, 0.25) is 0 Å². The predicted octanol–water partition coefficient (Wildman–Crippen LogP) is 2.42. The van der Waals surface area contributed by atoms with Crippen molar-refractivity contribution in [3.63, 3.8) is 0 Å². The quantitative estimate of drug-likeness (QED) is 0.498. The van der Waals surface area contributed by atoms with Crippen LogP contribution in [0.5, 0.6) is 0 Å². The maximum absolute atomic E-state index is 4.95. The van der Waals surface area contributed by atoms with Crippen LogP contribution in [0.1, 0.15) is 20.8 Å². The van der Waals surface area contributed by atoms with Crippen LogP contribution in [0.4, 0.5) is 0 Å². The SMILES string of the molecule is CCB(CC)CC.NCCS. The molecule has 0 aliphatic heterocycles. The van der Waals surface area contributed by atoms with Crippen molar-refractivity contribution in [2.24, 2.45) is 5.73 Å². The van der Waals surface area contributed by atoms with Crippen molar-refractivity contribution in [1.82, 2.24) is 0 Å². The molecule has 2 N–H and O–H groups in total. The second-order valence-electron chi connectivity index (χ2n) is 2.60. The molecular formula is C8H22BNS. The minimum atomic E-state index is 0.684. The summed E-state index contributed by atoms with van der Waals surface area (Å²) in [6.07, 6.45) is 4.06. The lowest BCUT2D eigenvalue weighted by atomic mass is 9.44. The molecule has 0 radical (unpaired) electrons. The van der Waals surface area contributed by atoms with Gasteiger partial charge in [-0.3, -0.25) is 0 Å². The van der Waals surface area contributed by atoms with Crippen LogP contribution in [0.15, 0.2) is 0 Å². The third-order valence-electron chi connectivity index (χ3n) is 1.86. The van der Waals surface area contributed by atoms with E-state index in [1.165, 1.54) is 19.0 Å². The Balaban J connectivity index is 0. The van der Waals surface area contributed by atoms with E-state index < -0.39 is 0 Å². The van der Waals surface area contributed by atoms with Crippen molar-refractivity contribution in [1.29, 1.82) is 0 Å². The molecule has 0 aromatic heterocycles. The van der Waals surface area contributed by atoms with Gasteiger partial charge in [0, 0.05) is 12.3 Å². The lowest BCUT2D eigenvalue weighted by Crippen LogP contribution is -2.04. The van der Waals surface area contributed by atoms with Crippen LogP contribution in [0, 0.1) is 0 Å². The highest BCUT2D eigenvalue weighted by Gasteiger charge is 2.01. The van der Waals surface area contributed by atoms with Crippen molar-refractivity contribution in [2.45, 2.75) is 39.7 Å². The molecular weight excluding hydrogens is 153 g/mol. The Kier molecular flexibility index (Phi) is 16.5. The Labute approximate surface area is 77.6 Å². The largest absolute Gasteiger partial charge is 0.330 e. The molecule has 0 aliphatic carbocycles. The van der Waals surface area contributed by atoms with E-state index >= 15 is 0 Å². The molecule has 0 aliphatic rings. The van der Waals surface area contributed by atoms with E-state index in [1.54, 1.807) is 0 Å². The molecule has 0 amide bonds. The van der Waals surface area contributed by atoms with Crippen LogP contribution in [-0.2, 0) is 0 Å². The van der Waals surface area contributed by atoms with Gasteiger partial charge in [0.15, 0.2) is 0 Å². The number of nitrogens with two attached hydrogens (primary N) is 1. The number of hydrogen-bond acceptors (Lipinski definition) is 2. The Morgan fingerprint density at radius 3 is 1.36 bits per heavy atom. The van der Waals surface area contributed by atoms with Gasteiger partial charge in [-0.25, -0.2) is 0 Å². The molecule has 0 saturated heterocycles. The van der Waals surface area contributed by atoms with E-state index in [1.807, 2.05) is 0 Å². The van der Waals surface area contributed by atoms with Crippen molar-refractivity contribution in [3.05, 3.63) is 0 Å². The minimum Gasteiger partial charge on any atom is -0.330 e. The summed E-state index contributed by atoms with van der Waals surface area (Å²) < 4.78 is 0. The average Bonchev–Trinajstić information content (AvgIpc) is 2.08. The molecule has 0 unspecified atom stereocenters. The second-order valence-corrected chi connectivity index (χ2v) is 3.05. The summed E-state index contributed by atoms with van der Waals surface area (Å²) in [6, 6.07) is 0. The Morgan fingerprint density at radius 2 is 1.36 bits per heavy atom. The summed E-state index contributed by atoms with van der Waals surface area (Å²) in [5.41, 5.74) is 4.95. The molecule has 3 heteroatoms. The van der Waals surface area contributed by atoms with Crippen LogP contribution >= 0.6 is 12.6 Å². The van der Waals surface area contributed by atoms with Crippen LogP contribution < -0.4 is 5.73 Å². The fourth-order valence-electron chi connectivity index (χ4n) is 0.866. The standard InChI is InChI=1S/C6H15B.C2H7NS/c1-4-7(5-2)6-3;3-1-2-4/h4-6H2,1-3H3;4H,1-3H2. The van der Waals surface area contributed by atoms with Gasteiger partial charge in [0.05, 0.1) is 0 Å². The molecule has 0 saturated carbocycles. The van der Waals surface area contributed by atoms with E-state index in [0.29, 0.717) is 6.54 Å². The first kappa shape index (κ1) is 13.9. The first-order chi connectivity index (χ1) is 5.26. The van der Waals surface area contributed by atoms with Gasteiger partial charge in [-0.05, 0) is 0 Å². The number of rotatable bonds is 4. The van der Waals surface area contributed by atoms with E-state index in [-0.39, 0.29) is 0 Å². The number of hydrogen-bond donors (Lipinski definition) is 2. The van der Waals surface area contributed by atoms with E-state index in [0.717, 1.165) is 12.5 Å². The van der Waals surface area contributed by atoms with E-state index in [9.17, 15) is 0 Å². The lowest BCUT2D eigenvalue weighted by Gasteiger charge is -2.00. The van der Waals surface area contributed by atoms with Crippen molar-refractivity contribution in [2.75, 3.05) is 12.3 Å². The Hall–Kier alpha value is 0.375. The fraction of sp³-hybridized carbons (Fsp3) is 1.00. The maximum Gasteiger partial charge on any atom is 0.139 e. The zero-order valence-electron chi connectivity index (χ0n) is 8.14. The maximum atomic E-state index is 4.95. The molecule has 0 fully saturated rings. The summed E-state index contributed by atoms with van der Waals surface area (Å²) in [5.74, 6) is 0.792. The molecule has 0 bridgehead atoms. The van der Waals surface area contributed by atoms with Gasteiger partial charge in [-0.1, -0.05) is 39.7 Å². The summed E-state index contributed by atoms with van der Waals surface area (Å²) in [4.78, 5) is 0. The third kappa shape index (κ3) is 13.4. The Morgan fingerprint density at radius 1 is 1.09 bits per heavy atom. The zero-order chi connectivity index (χ0) is 9.11. The van der Waals surface area contributed by atoms with Crippen LogP contribution in [0.3, 0.4) is 0 Å². The molecule has 0 atom stereocenters. The number of thiol groups is 1. The zero-order valence-corrected chi connectivity index (χ0v) is 9.03. The molecule has 1 nitrogen and oxygen atoms in total. The van der Waals surface area contributed by atoms with Gasteiger partial charge in [-0.15, -0.1) is 0 Å². The summed E-state index contributed by atoms with van der Waals surface area (Å²) >= 11 is 3.80. The topological polar surface area (TPSA) is 26.0 Å². The van der Waals surface area contributed by atoms with Gasteiger partial charge >= 0.3 is 0 Å². The summed E-state index contributed by atoms with van der Waals surface area (Å²) in [7, 11) is 0. The smallest absolute Gasteiger partial charge is 0.139 e. The first-order valence-corrected chi connectivity index (χ1v) is 5.20. The average molecular weight is 175 g/mol. The van der Waals surface area contributed by atoms with E-state index in [4.69, 9.17) is 5.73 Å². The Bertz CT molecular complexity index is 50.5. The van der Waals surface area contributed by atoms with Crippen LogP contribution in [0.25, 0.3) is 0 Å². The van der Waals surface area contributed by atoms with Crippen LogP contribution in [0.2, 0.25) is 19.0 Å². The highest BCUT2D eigenvalue weighted by Crippen LogP contribution is 2.01. The van der Waals surface area contributed by atoms with Crippen molar-refractivity contribution < 1.29 is 0 Å². The third-order valence-corrected chi connectivity index (χ3v) is 2.12. The molecule has 0 aromatic carbocycles. The summed E-state index contributed by atoms with van der Waals surface area (Å²) in [5, 5.41) is 0. The highest BCUT2D eigenvalue weighted by molar-refractivity contribution is 7.80. The predicted molar refractivity (Wildman–Crippen MR) is 60.1 cm³/mol. The molecule has 11 heavy (non-hydrogen) atoms. The highest BCUT2D eigenvalue weighted by atomic mass is 32.1. The second kappa shape index (κ2) is 13.0. The van der Waals surface area contributed by atoms with Crippen LogP contribution in [-0.4, -0.2) is 19.0 Å².